The number of hydrogen-bond donors (Lipinski definition) is 1. The Bertz CT molecular complexity index is 1070. The molecule has 4 rings (SSSR count). The monoisotopic (exact) mass is 406 g/mol. The van der Waals surface area contributed by atoms with Crippen molar-refractivity contribution in [1.82, 2.24) is 9.47 Å². The maximum Gasteiger partial charge on any atom is 0.269 e. The molecule has 0 saturated heterocycles. The molecule has 29 heavy (non-hydrogen) atoms. The molecular weight excluding hydrogens is 384 g/mol. The smallest absolute Gasteiger partial charge is 0.269 e. The van der Waals surface area contributed by atoms with Crippen LogP contribution in [0, 0.1) is 24.0 Å². The standard InChI is InChI=1S/C22H22N4O2S/c1-15-5-10-19(16(2)14-15)23-22(29)25-13-12-24-11-3-4-20(24)21(25)17-6-8-18(9-7-17)26(27)28/h3-11,14,21H,12-13H2,1-2H3,(H,23,29). The normalized spacial score (nSPS) is 15.7. The Hall–Kier alpha value is -3.19. The molecule has 1 aliphatic heterocycles. The van der Waals surface area contributed by atoms with E-state index < -0.39 is 0 Å². The number of anilines is 1. The summed E-state index contributed by atoms with van der Waals surface area (Å²) in [5.41, 5.74) is 5.51. The molecule has 148 valence electrons. The molecule has 2 aromatic carbocycles. The van der Waals surface area contributed by atoms with Crippen LogP contribution in [0.25, 0.3) is 0 Å². The summed E-state index contributed by atoms with van der Waals surface area (Å²) in [6.45, 7) is 5.71. The van der Waals surface area contributed by atoms with Crippen LogP contribution in [0.4, 0.5) is 11.4 Å². The SMILES string of the molecule is Cc1ccc(NC(=S)N2CCn3cccc3C2c2ccc([N+](=O)[O-])cc2)c(C)c1. The molecule has 3 aromatic rings. The van der Waals surface area contributed by atoms with Gasteiger partial charge in [0, 0.05) is 42.8 Å². The Morgan fingerprint density at radius 2 is 1.90 bits per heavy atom. The zero-order valence-electron chi connectivity index (χ0n) is 16.3. The second-order valence-electron chi connectivity index (χ2n) is 7.32. The first kappa shape index (κ1) is 19.1. The summed E-state index contributed by atoms with van der Waals surface area (Å²) < 4.78 is 2.21. The number of aryl methyl sites for hydroxylation is 2. The molecule has 0 spiro atoms. The van der Waals surface area contributed by atoms with Crippen molar-refractivity contribution in [2.75, 3.05) is 11.9 Å². The Morgan fingerprint density at radius 1 is 1.14 bits per heavy atom. The van der Waals surface area contributed by atoms with Crippen LogP contribution in [0.3, 0.4) is 0 Å². The van der Waals surface area contributed by atoms with E-state index in [2.05, 4.69) is 53.0 Å². The third kappa shape index (κ3) is 3.73. The van der Waals surface area contributed by atoms with Gasteiger partial charge in [-0.15, -0.1) is 0 Å². The molecule has 0 fully saturated rings. The highest BCUT2D eigenvalue weighted by Gasteiger charge is 2.31. The molecule has 0 saturated carbocycles. The van der Waals surface area contributed by atoms with Gasteiger partial charge in [0.15, 0.2) is 5.11 Å². The summed E-state index contributed by atoms with van der Waals surface area (Å²) in [7, 11) is 0. The van der Waals surface area contributed by atoms with Gasteiger partial charge in [-0.1, -0.05) is 17.7 Å². The van der Waals surface area contributed by atoms with Crippen molar-refractivity contribution in [2.24, 2.45) is 0 Å². The average Bonchev–Trinajstić information content (AvgIpc) is 3.18. The van der Waals surface area contributed by atoms with Gasteiger partial charge in [0.25, 0.3) is 5.69 Å². The molecule has 0 amide bonds. The van der Waals surface area contributed by atoms with Gasteiger partial charge in [-0.2, -0.15) is 0 Å². The molecule has 0 aliphatic carbocycles. The van der Waals surface area contributed by atoms with E-state index in [1.165, 1.54) is 5.56 Å². The van der Waals surface area contributed by atoms with Crippen molar-refractivity contribution in [3.05, 3.63) is 93.3 Å². The van der Waals surface area contributed by atoms with Crippen LogP contribution in [-0.2, 0) is 6.54 Å². The molecule has 1 N–H and O–H groups in total. The molecule has 1 atom stereocenters. The minimum absolute atomic E-state index is 0.0856. The summed E-state index contributed by atoms with van der Waals surface area (Å²) in [5, 5.41) is 15.1. The van der Waals surface area contributed by atoms with Crippen molar-refractivity contribution < 1.29 is 4.92 Å². The van der Waals surface area contributed by atoms with Crippen molar-refractivity contribution >= 4 is 28.7 Å². The van der Waals surface area contributed by atoms with E-state index in [1.807, 2.05) is 24.3 Å². The minimum Gasteiger partial charge on any atom is -0.348 e. The predicted octanol–water partition coefficient (Wildman–Crippen LogP) is 4.82. The number of benzene rings is 2. The number of non-ortho nitro benzene ring substituents is 1. The highest BCUT2D eigenvalue weighted by Crippen LogP contribution is 2.34. The van der Waals surface area contributed by atoms with Gasteiger partial charge in [0.2, 0.25) is 0 Å². The number of nitrogens with zero attached hydrogens (tertiary/aromatic N) is 3. The average molecular weight is 407 g/mol. The fraction of sp³-hybridized carbons (Fsp3) is 0.227. The Kier molecular flexibility index (Phi) is 5.07. The number of thiocarbonyl (C=S) groups is 1. The Morgan fingerprint density at radius 3 is 2.59 bits per heavy atom. The van der Waals surface area contributed by atoms with Gasteiger partial charge in [0.1, 0.15) is 0 Å². The third-order valence-electron chi connectivity index (χ3n) is 5.34. The summed E-state index contributed by atoms with van der Waals surface area (Å²) in [6.07, 6.45) is 2.06. The molecule has 1 aromatic heterocycles. The van der Waals surface area contributed by atoms with E-state index in [-0.39, 0.29) is 16.7 Å². The first-order valence-electron chi connectivity index (χ1n) is 9.48. The maximum atomic E-state index is 11.0. The number of nitro benzene ring substituents is 1. The van der Waals surface area contributed by atoms with Gasteiger partial charge in [0.05, 0.1) is 11.0 Å². The largest absolute Gasteiger partial charge is 0.348 e. The van der Waals surface area contributed by atoms with E-state index in [9.17, 15) is 10.1 Å². The van der Waals surface area contributed by atoms with Gasteiger partial charge in [-0.05, 0) is 67.5 Å². The van der Waals surface area contributed by atoms with E-state index in [0.29, 0.717) is 5.11 Å². The van der Waals surface area contributed by atoms with Crippen LogP contribution < -0.4 is 5.32 Å². The number of aromatic nitrogens is 1. The Labute approximate surface area is 174 Å². The van der Waals surface area contributed by atoms with Crippen molar-refractivity contribution in [1.29, 1.82) is 0 Å². The third-order valence-corrected chi connectivity index (χ3v) is 5.68. The lowest BCUT2D eigenvalue weighted by Crippen LogP contribution is -2.44. The quantitative estimate of drug-likeness (QED) is 0.384. The van der Waals surface area contributed by atoms with Crippen molar-refractivity contribution in [2.45, 2.75) is 26.4 Å². The maximum absolute atomic E-state index is 11.0. The highest BCUT2D eigenvalue weighted by atomic mass is 32.1. The summed E-state index contributed by atoms with van der Waals surface area (Å²) in [4.78, 5) is 12.8. The number of hydrogen-bond acceptors (Lipinski definition) is 3. The fourth-order valence-electron chi connectivity index (χ4n) is 3.87. The summed E-state index contributed by atoms with van der Waals surface area (Å²) in [5.74, 6) is 0. The highest BCUT2D eigenvalue weighted by molar-refractivity contribution is 7.80. The first-order chi connectivity index (χ1) is 13.9. The molecule has 0 radical (unpaired) electrons. The van der Waals surface area contributed by atoms with Crippen LogP contribution in [0.1, 0.15) is 28.4 Å². The molecule has 1 unspecified atom stereocenters. The van der Waals surface area contributed by atoms with Crippen LogP contribution in [0.2, 0.25) is 0 Å². The number of nitro groups is 1. The van der Waals surface area contributed by atoms with E-state index >= 15 is 0 Å². The van der Waals surface area contributed by atoms with Crippen LogP contribution >= 0.6 is 12.2 Å². The van der Waals surface area contributed by atoms with E-state index in [0.717, 1.165) is 35.6 Å². The minimum atomic E-state index is -0.378. The van der Waals surface area contributed by atoms with Crippen LogP contribution in [0.5, 0.6) is 0 Å². The van der Waals surface area contributed by atoms with Crippen molar-refractivity contribution in [3.8, 4) is 0 Å². The van der Waals surface area contributed by atoms with Gasteiger partial charge in [-0.25, -0.2) is 0 Å². The molecule has 6 nitrogen and oxygen atoms in total. The van der Waals surface area contributed by atoms with Crippen molar-refractivity contribution in [3.63, 3.8) is 0 Å². The summed E-state index contributed by atoms with van der Waals surface area (Å²) >= 11 is 5.79. The zero-order chi connectivity index (χ0) is 20.5. The van der Waals surface area contributed by atoms with Gasteiger partial charge in [-0.3, -0.25) is 10.1 Å². The van der Waals surface area contributed by atoms with E-state index in [1.54, 1.807) is 12.1 Å². The van der Waals surface area contributed by atoms with Crippen LogP contribution in [0.15, 0.2) is 60.8 Å². The lowest BCUT2D eigenvalue weighted by molar-refractivity contribution is -0.384. The van der Waals surface area contributed by atoms with E-state index in [4.69, 9.17) is 12.2 Å². The lowest BCUT2D eigenvalue weighted by atomic mass is 10.00. The summed E-state index contributed by atoms with van der Waals surface area (Å²) in [6, 6.07) is 17.0. The molecule has 7 heteroatoms. The molecular formula is C22H22N4O2S. The fourth-order valence-corrected chi connectivity index (χ4v) is 4.18. The zero-order valence-corrected chi connectivity index (χ0v) is 17.1. The van der Waals surface area contributed by atoms with Gasteiger partial charge < -0.3 is 14.8 Å². The first-order valence-corrected chi connectivity index (χ1v) is 9.89. The lowest BCUT2D eigenvalue weighted by Gasteiger charge is -2.39. The predicted molar refractivity (Wildman–Crippen MR) is 118 cm³/mol. The number of nitrogens with one attached hydrogen (secondary N) is 1. The second-order valence-corrected chi connectivity index (χ2v) is 7.71. The molecule has 2 heterocycles. The second kappa shape index (κ2) is 7.67. The number of fused-ring (bicyclic) bond motifs is 1. The van der Waals surface area contributed by atoms with Gasteiger partial charge >= 0.3 is 0 Å². The molecule has 0 bridgehead atoms. The number of rotatable bonds is 3. The van der Waals surface area contributed by atoms with Crippen LogP contribution in [-0.4, -0.2) is 26.0 Å². The molecule has 1 aliphatic rings. The Balaban J connectivity index is 1.67. The topological polar surface area (TPSA) is 63.3 Å².